The molecule has 1 heterocycles. The Kier molecular flexibility index (Phi) is 4.01. The second-order valence-electron chi connectivity index (χ2n) is 4.05. The Balaban J connectivity index is 2.09. The van der Waals surface area contributed by atoms with E-state index in [-0.39, 0.29) is 9.92 Å². The molecule has 0 atom stereocenters. The molecule has 2 aromatic rings. The molecule has 0 spiro atoms. The highest BCUT2D eigenvalue weighted by Crippen LogP contribution is 2.28. The predicted molar refractivity (Wildman–Crippen MR) is 76.0 cm³/mol. The minimum Gasteiger partial charge on any atom is -0.495 e. The van der Waals surface area contributed by atoms with E-state index in [1.165, 1.54) is 17.4 Å². The van der Waals surface area contributed by atoms with Crippen molar-refractivity contribution in [3.8, 4) is 5.75 Å². The van der Waals surface area contributed by atoms with Crippen LogP contribution in [0.3, 0.4) is 0 Å². The first-order chi connectivity index (χ1) is 9.10. The number of nitrogens with zero attached hydrogens (tertiary/aromatic N) is 1. The van der Waals surface area contributed by atoms with Crippen LogP contribution in [-0.2, 0) is 6.54 Å². The molecule has 0 saturated heterocycles. The minimum atomic E-state index is -0.374. The highest BCUT2D eigenvalue weighted by Gasteiger charge is 2.10. The summed E-state index contributed by atoms with van der Waals surface area (Å²) in [5, 5.41) is 14.0. The molecule has 6 heteroatoms. The van der Waals surface area contributed by atoms with Crippen LogP contribution in [0.4, 0.5) is 10.7 Å². The number of thiophene rings is 1. The van der Waals surface area contributed by atoms with E-state index in [4.69, 9.17) is 4.74 Å². The van der Waals surface area contributed by atoms with Crippen LogP contribution in [-0.4, -0.2) is 12.0 Å². The first-order valence-corrected chi connectivity index (χ1v) is 6.53. The molecule has 0 aliphatic rings. The lowest BCUT2D eigenvalue weighted by Gasteiger charge is -2.11. The minimum absolute atomic E-state index is 0.160. The fourth-order valence-electron chi connectivity index (χ4n) is 1.70. The molecule has 5 nitrogen and oxygen atoms in total. The molecule has 0 fully saturated rings. The zero-order chi connectivity index (χ0) is 13.8. The molecule has 100 valence electrons. The first-order valence-electron chi connectivity index (χ1n) is 5.72. The van der Waals surface area contributed by atoms with Crippen molar-refractivity contribution in [2.24, 2.45) is 0 Å². The smallest absolute Gasteiger partial charge is 0.324 e. The lowest BCUT2D eigenvalue weighted by atomic mass is 10.2. The highest BCUT2D eigenvalue weighted by atomic mass is 32.1. The van der Waals surface area contributed by atoms with Gasteiger partial charge in [0.15, 0.2) is 0 Å². The number of nitro groups is 1. The number of anilines is 1. The second kappa shape index (κ2) is 5.71. The van der Waals surface area contributed by atoms with Gasteiger partial charge in [-0.3, -0.25) is 10.1 Å². The lowest BCUT2D eigenvalue weighted by molar-refractivity contribution is -0.380. The van der Waals surface area contributed by atoms with Gasteiger partial charge >= 0.3 is 5.00 Å². The molecule has 0 amide bonds. The molecule has 1 aromatic carbocycles. The SMILES string of the molecule is COc1ccc(C)cc1NCc1ccc([N+](=O)[O-])s1. The third-order valence-electron chi connectivity index (χ3n) is 2.64. The van der Waals surface area contributed by atoms with Crippen molar-refractivity contribution in [2.75, 3.05) is 12.4 Å². The maximum Gasteiger partial charge on any atom is 0.324 e. The van der Waals surface area contributed by atoms with E-state index in [0.29, 0.717) is 6.54 Å². The maximum atomic E-state index is 10.6. The van der Waals surface area contributed by atoms with Crippen molar-refractivity contribution < 1.29 is 9.66 Å². The van der Waals surface area contributed by atoms with Crippen LogP contribution in [0.1, 0.15) is 10.4 Å². The molecule has 0 aliphatic carbocycles. The van der Waals surface area contributed by atoms with E-state index in [0.717, 1.165) is 21.9 Å². The first kappa shape index (κ1) is 13.4. The van der Waals surface area contributed by atoms with Crippen LogP contribution in [0, 0.1) is 17.0 Å². The summed E-state index contributed by atoms with van der Waals surface area (Å²) in [6.07, 6.45) is 0. The summed E-state index contributed by atoms with van der Waals surface area (Å²) >= 11 is 1.18. The van der Waals surface area contributed by atoms with Crippen LogP contribution in [0.25, 0.3) is 0 Å². The number of benzene rings is 1. The molecule has 0 aliphatic heterocycles. The number of methoxy groups -OCH3 is 1. The van der Waals surface area contributed by atoms with E-state index in [1.54, 1.807) is 13.2 Å². The third-order valence-corrected chi connectivity index (χ3v) is 3.67. The second-order valence-corrected chi connectivity index (χ2v) is 5.20. The number of hydrogen-bond donors (Lipinski definition) is 1. The zero-order valence-corrected chi connectivity index (χ0v) is 11.5. The standard InChI is InChI=1S/C13H14N2O3S/c1-9-3-5-12(18-2)11(7-9)14-8-10-4-6-13(19-10)15(16)17/h3-7,14H,8H2,1-2H3. The summed E-state index contributed by atoms with van der Waals surface area (Å²) in [6, 6.07) is 9.14. The Hall–Kier alpha value is -2.08. The van der Waals surface area contributed by atoms with Gasteiger partial charge < -0.3 is 10.1 Å². The van der Waals surface area contributed by atoms with Gasteiger partial charge in [0.05, 0.1) is 17.7 Å². The van der Waals surface area contributed by atoms with E-state index in [1.807, 2.05) is 25.1 Å². The summed E-state index contributed by atoms with van der Waals surface area (Å²) in [6.45, 7) is 2.54. The molecule has 0 unspecified atom stereocenters. The number of nitrogens with one attached hydrogen (secondary N) is 1. The van der Waals surface area contributed by atoms with Gasteiger partial charge in [0.2, 0.25) is 0 Å². The van der Waals surface area contributed by atoms with Gasteiger partial charge in [0.1, 0.15) is 5.75 Å². The van der Waals surface area contributed by atoms with Crippen molar-refractivity contribution in [1.29, 1.82) is 0 Å². The fourth-order valence-corrected chi connectivity index (χ4v) is 2.46. The molecule has 19 heavy (non-hydrogen) atoms. The van der Waals surface area contributed by atoms with Gasteiger partial charge in [0.25, 0.3) is 0 Å². The zero-order valence-electron chi connectivity index (χ0n) is 10.7. The van der Waals surface area contributed by atoms with Crippen LogP contribution in [0.15, 0.2) is 30.3 Å². The number of aryl methyl sites for hydroxylation is 1. The van der Waals surface area contributed by atoms with Crippen LogP contribution >= 0.6 is 11.3 Å². The highest BCUT2D eigenvalue weighted by molar-refractivity contribution is 7.15. The van der Waals surface area contributed by atoms with Gasteiger partial charge in [0, 0.05) is 17.5 Å². The fraction of sp³-hybridized carbons (Fsp3) is 0.231. The molecule has 0 radical (unpaired) electrons. The summed E-state index contributed by atoms with van der Waals surface area (Å²) in [4.78, 5) is 11.1. The van der Waals surface area contributed by atoms with Crippen molar-refractivity contribution in [2.45, 2.75) is 13.5 Å². The van der Waals surface area contributed by atoms with E-state index >= 15 is 0 Å². The van der Waals surface area contributed by atoms with E-state index < -0.39 is 0 Å². The molecule has 0 saturated carbocycles. The van der Waals surface area contributed by atoms with Gasteiger partial charge in [-0.25, -0.2) is 0 Å². The Morgan fingerprint density at radius 2 is 2.16 bits per heavy atom. The summed E-state index contributed by atoms with van der Waals surface area (Å²) < 4.78 is 5.26. The molecule has 2 rings (SSSR count). The van der Waals surface area contributed by atoms with Crippen molar-refractivity contribution in [3.63, 3.8) is 0 Å². The van der Waals surface area contributed by atoms with E-state index in [2.05, 4.69) is 5.32 Å². The Bertz CT molecular complexity index is 595. The lowest BCUT2D eigenvalue weighted by Crippen LogP contribution is -2.00. The van der Waals surface area contributed by atoms with Gasteiger partial charge in [-0.15, -0.1) is 0 Å². The van der Waals surface area contributed by atoms with Crippen molar-refractivity contribution in [3.05, 3.63) is 50.9 Å². The van der Waals surface area contributed by atoms with Crippen LogP contribution in [0.2, 0.25) is 0 Å². The Labute approximate surface area is 115 Å². The van der Waals surface area contributed by atoms with Gasteiger partial charge in [-0.05, 0) is 30.7 Å². The average molecular weight is 278 g/mol. The molecule has 0 bridgehead atoms. The quantitative estimate of drug-likeness (QED) is 0.670. The number of hydrogen-bond acceptors (Lipinski definition) is 5. The van der Waals surface area contributed by atoms with Gasteiger partial charge in [-0.1, -0.05) is 17.4 Å². The summed E-state index contributed by atoms with van der Waals surface area (Å²) in [5.41, 5.74) is 2.01. The predicted octanol–water partition coefficient (Wildman–Crippen LogP) is 3.59. The number of ether oxygens (including phenoxy) is 1. The molecule has 1 N–H and O–H groups in total. The Morgan fingerprint density at radius 3 is 2.79 bits per heavy atom. The maximum absolute atomic E-state index is 10.6. The molecule has 1 aromatic heterocycles. The van der Waals surface area contributed by atoms with Crippen LogP contribution in [0.5, 0.6) is 5.75 Å². The monoisotopic (exact) mass is 278 g/mol. The summed E-state index contributed by atoms with van der Waals surface area (Å²) in [7, 11) is 1.62. The van der Waals surface area contributed by atoms with Crippen molar-refractivity contribution >= 4 is 22.0 Å². The molecular weight excluding hydrogens is 264 g/mol. The summed E-state index contributed by atoms with van der Waals surface area (Å²) in [5.74, 6) is 0.761. The molecular formula is C13H14N2O3S. The van der Waals surface area contributed by atoms with Gasteiger partial charge in [-0.2, -0.15) is 0 Å². The van der Waals surface area contributed by atoms with Crippen LogP contribution < -0.4 is 10.1 Å². The average Bonchev–Trinajstić information content (AvgIpc) is 2.85. The number of rotatable bonds is 5. The van der Waals surface area contributed by atoms with Crippen molar-refractivity contribution in [1.82, 2.24) is 0 Å². The topological polar surface area (TPSA) is 64.4 Å². The normalized spacial score (nSPS) is 10.2. The third kappa shape index (κ3) is 3.23. The largest absolute Gasteiger partial charge is 0.495 e. The Morgan fingerprint density at radius 1 is 1.37 bits per heavy atom. The van der Waals surface area contributed by atoms with E-state index in [9.17, 15) is 10.1 Å².